The molecule has 1 unspecified atom stereocenters. The van der Waals surface area contributed by atoms with Gasteiger partial charge in [-0.05, 0) is 43.2 Å². The fourth-order valence-corrected chi connectivity index (χ4v) is 4.42. The second-order valence-electron chi connectivity index (χ2n) is 6.28. The lowest BCUT2D eigenvalue weighted by molar-refractivity contribution is -0.137. The summed E-state index contributed by atoms with van der Waals surface area (Å²) in [6, 6.07) is 8.15. The molecule has 1 saturated heterocycles. The topological polar surface area (TPSA) is 84.5 Å². The highest BCUT2D eigenvalue weighted by atomic mass is 35.5. The molecule has 1 aliphatic rings. The largest absolute Gasteiger partial charge is 0.418 e. The first-order chi connectivity index (χ1) is 13.6. The molecule has 1 amide bonds. The molecule has 1 heterocycles. The minimum absolute atomic E-state index is 0.126. The Labute approximate surface area is 170 Å². The highest BCUT2D eigenvalue weighted by molar-refractivity contribution is 7.92. The number of sulfonamides is 1. The van der Waals surface area contributed by atoms with Crippen molar-refractivity contribution < 1.29 is 31.1 Å². The van der Waals surface area contributed by atoms with Crippen molar-refractivity contribution in [3.05, 3.63) is 53.1 Å². The third-order valence-corrected chi connectivity index (χ3v) is 6.05. The second kappa shape index (κ2) is 8.21. The van der Waals surface area contributed by atoms with Crippen molar-refractivity contribution >= 4 is 38.9 Å². The summed E-state index contributed by atoms with van der Waals surface area (Å²) in [4.78, 5) is 11.7. The molecule has 1 aliphatic heterocycles. The fraction of sp³-hybridized carbons (Fsp3) is 0.278. The zero-order valence-electron chi connectivity index (χ0n) is 14.8. The van der Waals surface area contributed by atoms with E-state index in [-0.39, 0.29) is 15.6 Å². The van der Waals surface area contributed by atoms with E-state index in [2.05, 4.69) is 5.32 Å². The van der Waals surface area contributed by atoms with Crippen LogP contribution in [0, 0.1) is 0 Å². The molecule has 2 aromatic rings. The summed E-state index contributed by atoms with van der Waals surface area (Å²) in [7, 11) is -4.37. The van der Waals surface area contributed by atoms with Crippen LogP contribution in [0.25, 0.3) is 0 Å². The van der Waals surface area contributed by atoms with Gasteiger partial charge in [-0.3, -0.25) is 9.52 Å². The molecule has 2 aromatic carbocycles. The Balaban J connectivity index is 1.90. The van der Waals surface area contributed by atoms with Gasteiger partial charge in [0, 0.05) is 12.3 Å². The van der Waals surface area contributed by atoms with E-state index < -0.39 is 39.5 Å². The Hall–Kier alpha value is -2.30. The van der Waals surface area contributed by atoms with Crippen molar-refractivity contribution in [2.45, 2.75) is 30.0 Å². The Bertz CT molecular complexity index is 1020. The van der Waals surface area contributed by atoms with E-state index in [0.29, 0.717) is 25.5 Å². The van der Waals surface area contributed by atoms with Crippen molar-refractivity contribution in [1.82, 2.24) is 0 Å². The van der Waals surface area contributed by atoms with Gasteiger partial charge in [0.25, 0.3) is 15.9 Å². The Morgan fingerprint density at radius 3 is 2.52 bits per heavy atom. The van der Waals surface area contributed by atoms with Crippen LogP contribution >= 0.6 is 11.6 Å². The molecule has 0 bridgehead atoms. The number of hydrogen-bond acceptors (Lipinski definition) is 4. The Morgan fingerprint density at radius 2 is 1.90 bits per heavy atom. The average Bonchev–Trinajstić information content (AvgIpc) is 3.17. The quantitative estimate of drug-likeness (QED) is 0.715. The summed E-state index contributed by atoms with van der Waals surface area (Å²) in [5, 5.41) is 2.23. The zero-order valence-corrected chi connectivity index (χ0v) is 16.4. The lowest BCUT2D eigenvalue weighted by Crippen LogP contribution is -2.27. The summed E-state index contributed by atoms with van der Waals surface area (Å²) >= 11 is 5.85. The summed E-state index contributed by atoms with van der Waals surface area (Å²) in [6.45, 7) is 0.411. The Kier molecular flexibility index (Phi) is 6.06. The van der Waals surface area contributed by atoms with E-state index in [9.17, 15) is 26.4 Å². The number of rotatable bonds is 5. The molecule has 3 rings (SSSR count). The third-order valence-electron chi connectivity index (χ3n) is 4.19. The van der Waals surface area contributed by atoms with Gasteiger partial charge in [0.1, 0.15) is 11.0 Å². The maximum atomic E-state index is 13.5. The summed E-state index contributed by atoms with van der Waals surface area (Å²) < 4.78 is 72.7. The van der Waals surface area contributed by atoms with E-state index in [1.807, 2.05) is 4.72 Å². The lowest BCUT2D eigenvalue weighted by atomic mass is 10.1. The van der Waals surface area contributed by atoms with Crippen LogP contribution in [-0.4, -0.2) is 27.0 Å². The number of benzene rings is 2. The number of ether oxygens (including phenoxy) is 1. The highest BCUT2D eigenvalue weighted by Gasteiger charge is 2.35. The SMILES string of the molecule is O=C(Nc1ccc(NS(=O)(=O)c2ccccc2Cl)c(C(F)(F)F)c1)C1CCCO1. The molecule has 1 atom stereocenters. The van der Waals surface area contributed by atoms with Gasteiger partial charge in [0.2, 0.25) is 0 Å². The number of anilines is 2. The van der Waals surface area contributed by atoms with Gasteiger partial charge in [-0.2, -0.15) is 13.2 Å². The predicted octanol–water partition coefficient (Wildman–Crippen LogP) is 4.28. The van der Waals surface area contributed by atoms with Crippen LogP contribution in [0.1, 0.15) is 18.4 Å². The standard InChI is InChI=1S/C18H16ClF3N2O4S/c19-13-4-1-2-6-16(13)29(26,27)24-14-8-7-11(10-12(14)18(20,21)22)23-17(25)15-5-3-9-28-15/h1-2,4,6-8,10,15,24H,3,5,9H2,(H,23,25). The van der Waals surface area contributed by atoms with Gasteiger partial charge in [0.15, 0.2) is 0 Å². The molecule has 0 spiro atoms. The molecule has 2 N–H and O–H groups in total. The maximum absolute atomic E-state index is 13.5. The van der Waals surface area contributed by atoms with E-state index in [1.165, 1.54) is 30.3 Å². The molecule has 0 saturated carbocycles. The first-order valence-electron chi connectivity index (χ1n) is 8.49. The van der Waals surface area contributed by atoms with E-state index in [0.717, 1.165) is 6.07 Å². The van der Waals surface area contributed by atoms with Crippen molar-refractivity contribution in [3.8, 4) is 0 Å². The molecule has 1 fully saturated rings. The minimum atomic E-state index is -4.87. The van der Waals surface area contributed by atoms with E-state index in [4.69, 9.17) is 16.3 Å². The Morgan fingerprint density at radius 1 is 1.17 bits per heavy atom. The molecule has 0 aromatic heterocycles. The van der Waals surface area contributed by atoms with E-state index >= 15 is 0 Å². The molecular formula is C18H16ClF3N2O4S. The molecule has 6 nitrogen and oxygen atoms in total. The second-order valence-corrected chi connectivity index (χ2v) is 8.34. The zero-order chi connectivity index (χ0) is 21.2. The number of amides is 1. The van der Waals surface area contributed by atoms with Crippen LogP contribution in [0.5, 0.6) is 0 Å². The monoisotopic (exact) mass is 448 g/mol. The van der Waals surface area contributed by atoms with Crippen LogP contribution in [0.3, 0.4) is 0 Å². The lowest BCUT2D eigenvalue weighted by Gasteiger charge is -2.17. The van der Waals surface area contributed by atoms with Gasteiger partial charge >= 0.3 is 6.18 Å². The van der Waals surface area contributed by atoms with Crippen molar-refractivity contribution in [2.24, 2.45) is 0 Å². The minimum Gasteiger partial charge on any atom is -0.368 e. The van der Waals surface area contributed by atoms with Gasteiger partial charge in [-0.25, -0.2) is 8.42 Å². The van der Waals surface area contributed by atoms with Gasteiger partial charge in [-0.15, -0.1) is 0 Å². The number of alkyl halides is 3. The number of halogens is 4. The highest BCUT2D eigenvalue weighted by Crippen LogP contribution is 2.38. The smallest absolute Gasteiger partial charge is 0.368 e. The van der Waals surface area contributed by atoms with E-state index in [1.54, 1.807) is 0 Å². The summed E-state index contributed by atoms with van der Waals surface area (Å²) in [6.07, 6.45) is -4.42. The van der Waals surface area contributed by atoms with Crippen LogP contribution in [0.15, 0.2) is 47.4 Å². The van der Waals surface area contributed by atoms with Crippen LogP contribution in [0.2, 0.25) is 5.02 Å². The fourth-order valence-electron chi connectivity index (χ4n) is 2.82. The molecule has 0 aliphatic carbocycles. The number of hydrogen-bond donors (Lipinski definition) is 2. The molecular weight excluding hydrogens is 433 g/mol. The number of carbonyl (C=O) groups is 1. The summed E-state index contributed by atoms with van der Waals surface area (Å²) in [5.41, 5.74) is -2.07. The van der Waals surface area contributed by atoms with Crippen molar-refractivity contribution in [3.63, 3.8) is 0 Å². The first-order valence-corrected chi connectivity index (χ1v) is 10.3. The van der Waals surface area contributed by atoms with Crippen molar-refractivity contribution in [2.75, 3.05) is 16.6 Å². The normalized spacial score (nSPS) is 17.2. The number of carbonyl (C=O) groups excluding carboxylic acids is 1. The van der Waals surface area contributed by atoms with Gasteiger partial charge < -0.3 is 10.1 Å². The predicted molar refractivity (Wildman–Crippen MR) is 101 cm³/mol. The number of nitrogens with one attached hydrogen (secondary N) is 2. The van der Waals surface area contributed by atoms with Crippen LogP contribution < -0.4 is 10.0 Å². The van der Waals surface area contributed by atoms with Crippen LogP contribution in [-0.2, 0) is 25.7 Å². The molecule has 0 radical (unpaired) electrons. The first kappa shape index (κ1) is 21.4. The van der Waals surface area contributed by atoms with Gasteiger partial charge in [-0.1, -0.05) is 23.7 Å². The third kappa shape index (κ3) is 5.01. The molecule has 156 valence electrons. The van der Waals surface area contributed by atoms with Crippen molar-refractivity contribution in [1.29, 1.82) is 0 Å². The summed E-state index contributed by atoms with van der Waals surface area (Å²) in [5.74, 6) is -0.556. The van der Waals surface area contributed by atoms with Gasteiger partial charge in [0.05, 0.1) is 16.3 Å². The molecule has 29 heavy (non-hydrogen) atoms. The average molecular weight is 449 g/mol. The molecule has 11 heteroatoms. The maximum Gasteiger partial charge on any atom is 0.418 e. The van der Waals surface area contributed by atoms with Crippen LogP contribution in [0.4, 0.5) is 24.5 Å².